The fraction of sp³-hybridized carbons (Fsp3) is 0.500. The molecular weight excluding hydrogens is 339 g/mol. The number of hydrogen-bond acceptors (Lipinski definition) is 5. The minimum atomic E-state index is -0.550. The molecule has 0 N–H and O–H groups in total. The summed E-state index contributed by atoms with van der Waals surface area (Å²) >= 11 is 0. The van der Waals surface area contributed by atoms with E-state index in [2.05, 4.69) is 10.3 Å². The lowest BCUT2D eigenvalue weighted by Crippen LogP contribution is -2.46. The van der Waals surface area contributed by atoms with E-state index in [9.17, 15) is 9.18 Å². The highest BCUT2D eigenvalue weighted by Gasteiger charge is 2.52. The minimum Gasteiger partial charge on any atom is -0.444 e. The van der Waals surface area contributed by atoms with Crippen LogP contribution in [-0.4, -0.2) is 56.9 Å². The van der Waals surface area contributed by atoms with Crippen LogP contribution in [0.15, 0.2) is 30.5 Å². The van der Waals surface area contributed by atoms with Gasteiger partial charge in [-0.25, -0.2) is 13.9 Å². The van der Waals surface area contributed by atoms with E-state index in [4.69, 9.17) is 9.47 Å². The second kappa shape index (κ2) is 6.05. The molecule has 1 unspecified atom stereocenters. The fourth-order valence-electron chi connectivity index (χ4n) is 3.19. The highest BCUT2D eigenvalue weighted by molar-refractivity contribution is 5.68. The summed E-state index contributed by atoms with van der Waals surface area (Å²) in [7, 11) is 0. The Kier molecular flexibility index (Phi) is 3.95. The molecule has 0 bridgehead atoms. The molecule has 4 rings (SSSR count). The maximum Gasteiger partial charge on any atom is 0.410 e. The lowest BCUT2D eigenvalue weighted by Gasteiger charge is -2.31. The summed E-state index contributed by atoms with van der Waals surface area (Å²) in [5, 5.41) is 8.32. The first-order chi connectivity index (χ1) is 12.3. The van der Waals surface area contributed by atoms with Gasteiger partial charge in [-0.1, -0.05) is 17.3 Å². The Morgan fingerprint density at radius 1 is 1.35 bits per heavy atom. The first-order valence-corrected chi connectivity index (χ1v) is 8.61. The molecule has 7 nitrogen and oxygen atoms in total. The first-order valence-electron chi connectivity index (χ1n) is 8.61. The Morgan fingerprint density at radius 3 is 2.88 bits per heavy atom. The maximum absolute atomic E-state index is 13.4. The number of fused-ring (bicyclic) bond motifs is 1. The fourth-order valence-corrected chi connectivity index (χ4v) is 3.19. The zero-order chi connectivity index (χ0) is 18.5. The number of amides is 1. The van der Waals surface area contributed by atoms with Crippen molar-refractivity contribution in [1.29, 1.82) is 0 Å². The molecule has 1 aromatic carbocycles. The topological polar surface area (TPSA) is 72.8 Å². The average Bonchev–Trinajstić information content (AvgIpc) is 3.18. The van der Waals surface area contributed by atoms with Crippen molar-refractivity contribution in [1.82, 2.24) is 19.9 Å². The highest BCUT2D eigenvalue weighted by Crippen LogP contribution is 2.38. The van der Waals surface area contributed by atoms with Gasteiger partial charge in [0.05, 0.1) is 12.7 Å². The van der Waals surface area contributed by atoms with Crippen LogP contribution in [0.4, 0.5) is 9.18 Å². The summed E-state index contributed by atoms with van der Waals surface area (Å²) in [5.41, 5.74) is 0.687. The number of aromatic nitrogens is 3. The van der Waals surface area contributed by atoms with Crippen LogP contribution in [0.3, 0.4) is 0 Å². The molecule has 3 atom stereocenters. The number of likely N-dealkylation sites (tertiary alicyclic amines) is 1. The van der Waals surface area contributed by atoms with Gasteiger partial charge in [-0.15, -0.1) is 5.10 Å². The molecule has 2 aliphatic rings. The number of halogens is 1. The summed E-state index contributed by atoms with van der Waals surface area (Å²) in [6, 6.07) is 6.07. The minimum absolute atomic E-state index is 0.00995. The van der Waals surface area contributed by atoms with Crippen molar-refractivity contribution < 1.29 is 18.7 Å². The molecular formula is C18H21FN4O3. The maximum atomic E-state index is 13.4. The summed E-state index contributed by atoms with van der Waals surface area (Å²) in [6.07, 6.45) is 1.40. The van der Waals surface area contributed by atoms with E-state index in [0.717, 1.165) is 0 Å². The average molecular weight is 360 g/mol. The number of carbonyl (C=O) groups is 1. The number of epoxide rings is 1. The molecule has 26 heavy (non-hydrogen) atoms. The van der Waals surface area contributed by atoms with Crippen LogP contribution in [0.25, 0.3) is 11.3 Å². The number of benzene rings is 1. The van der Waals surface area contributed by atoms with E-state index in [0.29, 0.717) is 24.3 Å². The van der Waals surface area contributed by atoms with Crippen molar-refractivity contribution in [2.45, 2.75) is 44.6 Å². The van der Waals surface area contributed by atoms with Crippen molar-refractivity contribution in [3.8, 4) is 11.3 Å². The molecule has 138 valence electrons. The molecule has 0 aliphatic carbocycles. The second-order valence-corrected chi connectivity index (χ2v) is 7.69. The van der Waals surface area contributed by atoms with Crippen molar-refractivity contribution in [3.05, 3.63) is 36.3 Å². The van der Waals surface area contributed by atoms with Gasteiger partial charge in [0.25, 0.3) is 0 Å². The van der Waals surface area contributed by atoms with Gasteiger partial charge in [-0.2, -0.15) is 0 Å². The number of rotatable bonds is 2. The summed E-state index contributed by atoms with van der Waals surface area (Å²) in [4.78, 5) is 14.0. The van der Waals surface area contributed by atoms with Crippen LogP contribution in [0.5, 0.6) is 0 Å². The van der Waals surface area contributed by atoms with E-state index in [-0.39, 0.29) is 30.2 Å². The predicted molar refractivity (Wildman–Crippen MR) is 90.9 cm³/mol. The van der Waals surface area contributed by atoms with Crippen LogP contribution >= 0.6 is 0 Å². The van der Waals surface area contributed by atoms with Crippen LogP contribution in [0, 0.1) is 5.82 Å². The van der Waals surface area contributed by atoms with E-state index in [1.54, 1.807) is 27.9 Å². The quantitative estimate of drug-likeness (QED) is 0.770. The van der Waals surface area contributed by atoms with Crippen molar-refractivity contribution in [2.24, 2.45) is 0 Å². The van der Waals surface area contributed by atoms with Gasteiger partial charge in [-0.3, -0.25) is 0 Å². The molecule has 2 fully saturated rings. The molecule has 1 aromatic heterocycles. The second-order valence-electron chi connectivity index (χ2n) is 7.69. The molecule has 0 spiro atoms. The third-order valence-corrected chi connectivity index (χ3v) is 4.43. The molecule has 0 saturated carbocycles. The first kappa shape index (κ1) is 17.0. The van der Waals surface area contributed by atoms with Crippen LogP contribution < -0.4 is 0 Å². The molecule has 2 aromatic rings. The van der Waals surface area contributed by atoms with Gasteiger partial charge in [0.15, 0.2) is 0 Å². The molecule has 2 saturated heterocycles. The molecule has 1 amide bonds. The third-order valence-electron chi connectivity index (χ3n) is 4.43. The number of nitrogens with zero attached hydrogens (tertiary/aromatic N) is 4. The van der Waals surface area contributed by atoms with Gasteiger partial charge < -0.3 is 14.4 Å². The van der Waals surface area contributed by atoms with E-state index in [1.165, 1.54) is 12.1 Å². The third kappa shape index (κ3) is 3.41. The Morgan fingerprint density at radius 2 is 2.15 bits per heavy atom. The van der Waals surface area contributed by atoms with Crippen LogP contribution in [0.1, 0.15) is 26.8 Å². The van der Waals surface area contributed by atoms with E-state index < -0.39 is 5.60 Å². The lowest BCUT2D eigenvalue weighted by molar-refractivity contribution is 0.0193. The predicted octanol–water partition coefficient (Wildman–Crippen LogP) is 2.64. The van der Waals surface area contributed by atoms with E-state index in [1.807, 2.05) is 20.8 Å². The van der Waals surface area contributed by atoms with Gasteiger partial charge >= 0.3 is 6.09 Å². The standard InChI is InChI=1S/C18H21FN4O3/c1-18(2,3)26-17(24)22-9-14(16-15(10-22)25-16)23-8-13(20-21-23)11-5-4-6-12(19)7-11/h4-8,14-16H,9-10H2,1-3H3/t14?,15-,16+/m0/s1. The summed E-state index contributed by atoms with van der Waals surface area (Å²) < 4.78 is 26.3. The zero-order valence-electron chi connectivity index (χ0n) is 14.9. The number of piperidine rings is 1. The van der Waals surface area contributed by atoms with Crippen molar-refractivity contribution in [3.63, 3.8) is 0 Å². The van der Waals surface area contributed by atoms with Gasteiger partial charge in [0.1, 0.15) is 35.4 Å². The SMILES string of the molecule is CC(C)(C)OC(=O)N1CC(n2cc(-c3cccc(F)c3)nn2)[C@H]2O[C@H]2C1. The van der Waals surface area contributed by atoms with Crippen molar-refractivity contribution >= 4 is 6.09 Å². The molecule has 2 aliphatic heterocycles. The summed E-state index contributed by atoms with van der Waals surface area (Å²) in [6.45, 7) is 6.46. The molecule has 8 heteroatoms. The Balaban J connectivity index is 1.52. The van der Waals surface area contributed by atoms with Crippen LogP contribution in [-0.2, 0) is 9.47 Å². The van der Waals surface area contributed by atoms with E-state index >= 15 is 0 Å². The Labute approximate surface area is 150 Å². The Bertz CT molecular complexity index is 832. The number of ether oxygens (including phenoxy) is 2. The Hall–Kier alpha value is -2.48. The van der Waals surface area contributed by atoms with Crippen LogP contribution in [0.2, 0.25) is 0 Å². The molecule has 0 radical (unpaired) electrons. The molecule has 3 heterocycles. The normalized spacial score (nSPS) is 24.9. The summed E-state index contributed by atoms with van der Waals surface area (Å²) in [5.74, 6) is -0.323. The largest absolute Gasteiger partial charge is 0.444 e. The zero-order valence-corrected chi connectivity index (χ0v) is 14.9. The number of carbonyl (C=O) groups excluding carboxylic acids is 1. The van der Waals surface area contributed by atoms with Crippen molar-refractivity contribution in [2.75, 3.05) is 13.1 Å². The van der Waals surface area contributed by atoms with Gasteiger partial charge in [-0.05, 0) is 32.9 Å². The van der Waals surface area contributed by atoms with Gasteiger partial charge in [0, 0.05) is 12.1 Å². The van der Waals surface area contributed by atoms with Gasteiger partial charge in [0.2, 0.25) is 0 Å². The lowest BCUT2D eigenvalue weighted by atomic mass is 10.1. The highest BCUT2D eigenvalue weighted by atomic mass is 19.1. The number of hydrogen-bond donors (Lipinski definition) is 0. The monoisotopic (exact) mass is 360 g/mol. The smallest absolute Gasteiger partial charge is 0.410 e.